The molecular weight excluding hydrogens is 335 g/mol. The van der Waals surface area contributed by atoms with Crippen LogP contribution in [0.3, 0.4) is 0 Å². The van der Waals surface area contributed by atoms with E-state index in [1.54, 1.807) is 12.1 Å². The van der Waals surface area contributed by atoms with Gasteiger partial charge >= 0.3 is 0 Å². The van der Waals surface area contributed by atoms with Crippen LogP contribution in [0.1, 0.15) is 36.7 Å². The predicted octanol–water partition coefficient (Wildman–Crippen LogP) is 2.87. The number of hydrogen-bond donors (Lipinski definition) is 2. The maximum absolute atomic E-state index is 13.6. The number of rotatable bonds is 7. The fourth-order valence-corrected chi connectivity index (χ4v) is 2.69. The Labute approximate surface area is 152 Å². The van der Waals surface area contributed by atoms with Crippen LogP contribution in [0.25, 0.3) is 0 Å². The second-order valence-electron chi connectivity index (χ2n) is 6.61. The summed E-state index contributed by atoms with van der Waals surface area (Å²) in [5.41, 5.74) is 2.94. The van der Waals surface area contributed by atoms with Crippen LogP contribution >= 0.6 is 0 Å². The van der Waals surface area contributed by atoms with Crippen LogP contribution in [0.15, 0.2) is 24.3 Å². The number of carbonyl (C=O) groups excluding carboxylic acids is 2. The lowest BCUT2D eigenvalue weighted by Crippen LogP contribution is -2.36. The van der Waals surface area contributed by atoms with Gasteiger partial charge in [0.1, 0.15) is 5.82 Å². The molecule has 6 nitrogen and oxygen atoms in total. The molecular formula is C19H25FN4O2. The first-order valence-electron chi connectivity index (χ1n) is 8.61. The molecule has 0 unspecified atom stereocenters. The summed E-state index contributed by atoms with van der Waals surface area (Å²) in [6.07, 6.45) is 0.0343. The summed E-state index contributed by atoms with van der Waals surface area (Å²) in [5.74, 6) is -1.11. The van der Waals surface area contributed by atoms with E-state index in [4.69, 9.17) is 0 Å². The maximum atomic E-state index is 13.6. The van der Waals surface area contributed by atoms with Crippen molar-refractivity contribution in [3.63, 3.8) is 0 Å². The highest BCUT2D eigenvalue weighted by atomic mass is 19.1. The molecule has 7 heteroatoms. The molecule has 2 N–H and O–H groups in total. The Morgan fingerprint density at radius 3 is 2.50 bits per heavy atom. The molecule has 26 heavy (non-hydrogen) atoms. The third-order valence-electron chi connectivity index (χ3n) is 3.93. The minimum absolute atomic E-state index is 0.00809. The van der Waals surface area contributed by atoms with Gasteiger partial charge in [-0.15, -0.1) is 0 Å². The molecule has 1 aromatic carbocycles. The highest BCUT2D eigenvalue weighted by Gasteiger charge is 2.13. The number of nitrogens with one attached hydrogen (secondary N) is 2. The minimum atomic E-state index is -0.494. The van der Waals surface area contributed by atoms with Crippen molar-refractivity contribution >= 4 is 17.5 Å². The van der Waals surface area contributed by atoms with Gasteiger partial charge in [0, 0.05) is 24.6 Å². The van der Waals surface area contributed by atoms with Gasteiger partial charge in [0.15, 0.2) is 0 Å². The minimum Gasteiger partial charge on any atom is -0.352 e. The molecule has 1 atom stereocenters. The van der Waals surface area contributed by atoms with Crippen molar-refractivity contribution in [1.29, 1.82) is 0 Å². The molecule has 140 valence electrons. The number of nitrogens with zero attached hydrogens (tertiary/aromatic N) is 2. The highest BCUT2D eigenvalue weighted by molar-refractivity contribution is 5.93. The van der Waals surface area contributed by atoms with E-state index >= 15 is 0 Å². The van der Waals surface area contributed by atoms with Crippen molar-refractivity contribution in [3.05, 3.63) is 47.0 Å². The zero-order chi connectivity index (χ0) is 19.3. The van der Waals surface area contributed by atoms with Gasteiger partial charge in [-0.2, -0.15) is 5.10 Å². The van der Waals surface area contributed by atoms with E-state index in [-0.39, 0.29) is 30.5 Å². The molecule has 2 amide bonds. The van der Waals surface area contributed by atoms with Crippen LogP contribution in [0.4, 0.5) is 10.1 Å². The van der Waals surface area contributed by atoms with Crippen molar-refractivity contribution in [1.82, 2.24) is 15.1 Å². The van der Waals surface area contributed by atoms with E-state index in [0.717, 1.165) is 17.0 Å². The number of amides is 2. The molecule has 0 radical (unpaired) electrons. The zero-order valence-corrected chi connectivity index (χ0v) is 15.6. The van der Waals surface area contributed by atoms with E-state index in [9.17, 15) is 14.0 Å². The highest BCUT2D eigenvalue weighted by Crippen LogP contribution is 2.16. The number of aryl methyl sites for hydroxylation is 3. The van der Waals surface area contributed by atoms with Crippen LogP contribution in [-0.4, -0.2) is 27.6 Å². The van der Waals surface area contributed by atoms with Crippen LogP contribution in [-0.2, 0) is 16.1 Å². The van der Waals surface area contributed by atoms with Gasteiger partial charge < -0.3 is 10.6 Å². The standard InChI is InChI=1S/C19H25FN4O2/c1-12-5-6-16(20)17(9-12)22-19(26)8-7-18(25)21-14(3)11-24-15(4)10-13(2)23-24/h5-6,9-10,14H,7-8,11H2,1-4H3,(H,21,25)(H,22,26)/t14-/m1/s1. The predicted molar refractivity (Wildman–Crippen MR) is 98.3 cm³/mol. The maximum Gasteiger partial charge on any atom is 0.224 e. The van der Waals surface area contributed by atoms with Crippen LogP contribution in [0.5, 0.6) is 0 Å². The molecule has 1 aromatic heterocycles. The molecule has 0 saturated heterocycles. The van der Waals surface area contributed by atoms with Gasteiger partial charge in [-0.1, -0.05) is 6.07 Å². The Balaban J connectivity index is 1.78. The van der Waals surface area contributed by atoms with Crippen molar-refractivity contribution in [2.75, 3.05) is 5.32 Å². The van der Waals surface area contributed by atoms with Gasteiger partial charge in [0.25, 0.3) is 0 Å². The van der Waals surface area contributed by atoms with E-state index in [1.165, 1.54) is 6.07 Å². The summed E-state index contributed by atoms with van der Waals surface area (Å²) in [6, 6.07) is 6.35. The van der Waals surface area contributed by atoms with E-state index in [1.807, 2.05) is 38.4 Å². The van der Waals surface area contributed by atoms with Gasteiger partial charge in [0.2, 0.25) is 11.8 Å². The first-order chi connectivity index (χ1) is 12.2. The number of carbonyl (C=O) groups is 2. The number of aromatic nitrogens is 2. The van der Waals surface area contributed by atoms with Crippen molar-refractivity contribution in [3.8, 4) is 0 Å². The summed E-state index contributed by atoms with van der Waals surface area (Å²) >= 11 is 0. The summed E-state index contributed by atoms with van der Waals surface area (Å²) in [4.78, 5) is 23.9. The largest absolute Gasteiger partial charge is 0.352 e. The molecule has 0 fully saturated rings. The van der Waals surface area contributed by atoms with Crippen molar-refractivity contribution < 1.29 is 14.0 Å². The Kier molecular flexibility index (Phi) is 6.49. The SMILES string of the molecule is Cc1ccc(F)c(NC(=O)CCC(=O)N[C@H](C)Cn2nc(C)cc2C)c1. The third kappa shape index (κ3) is 5.68. The Morgan fingerprint density at radius 1 is 1.15 bits per heavy atom. The Morgan fingerprint density at radius 2 is 1.85 bits per heavy atom. The molecule has 0 saturated carbocycles. The summed E-state index contributed by atoms with van der Waals surface area (Å²) < 4.78 is 15.5. The van der Waals surface area contributed by atoms with Gasteiger partial charge in [-0.25, -0.2) is 4.39 Å². The second-order valence-corrected chi connectivity index (χ2v) is 6.61. The first-order valence-corrected chi connectivity index (χ1v) is 8.61. The molecule has 1 heterocycles. The average Bonchev–Trinajstić information content (AvgIpc) is 2.86. The van der Waals surface area contributed by atoms with E-state index < -0.39 is 11.7 Å². The lowest BCUT2D eigenvalue weighted by molar-refractivity contribution is -0.124. The number of anilines is 1. The number of hydrogen-bond acceptors (Lipinski definition) is 3. The van der Waals surface area contributed by atoms with E-state index in [0.29, 0.717) is 6.54 Å². The average molecular weight is 360 g/mol. The van der Waals surface area contributed by atoms with Gasteiger partial charge in [-0.05, 0) is 51.5 Å². The fourth-order valence-electron chi connectivity index (χ4n) is 2.69. The van der Waals surface area contributed by atoms with Crippen molar-refractivity contribution in [2.24, 2.45) is 0 Å². The molecule has 2 aromatic rings. The third-order valence-corrected chi connectivity index (χ3v) is 3.93. The first kappa shape index (κ1) is 19.6. The molecule has 2 rings (SSSR count). The summed E-state index contributed by atoms with van der Waals surface area (Å²) in [5, 5.41) is 9.71. The summed E-state index contributed by atoms with van der Waals surface area (Å²) in [7, 11) is 0. The quantitative estimate of drug-likeness (QED) is 0.797. The van der Waals surface area contributed by atoms with Crippen LogP contribution in [0, 0.1) is 26.6 Å². The summed E-state index contributed by atoms with van der Waals surface area (Å²) in [6.45, 7) is 8.14. The Bertz CT molecular complexity index is 801. The van der Waals surface area contributed by atoms with Gasteiger partial charge in [0.05, 0.1) is 17.9 Å². The molecule has 0 spiro atoms. The van der Waals surface area contributed by atoms with Gasteiger partial charge in [-0.3, -0.25) is 14.3 Å². The lowest BCUT2D eigenvalue weighted by Gasteiger charge is -2.15. The number of benzene rings is 1. The number of halogens is 1. The van der Waals surface area contributed by atoms with Crippen LogP contribution in [0.2, 0.25) is 0 Å². The van der Waals surface area contributed by atoms with Crippen molar-refractivity contribution in [2.45, 2.75) is 53.1 Å². The molecule has 0 bridgehead atoms. The smallest absolute Gasteiger partial charge is 0.224 e. The zero-order valence-electron chi connectivity index (χ0n) is 15.6. The Hall–Kier alpha value is -2.70. The monoisotopic (exact) mass is 360 g/mol. The molecule has 0 aliphatic carbocycles. The topological polar surface area (TPSA) is 76.0 Å². The molecule has 0 aliphatic rings. The second kappa shape index (κ2) is 8.60. The van der Waals surface area contributed by atoms with E-state index in [2.05, 4.69) is 15.7 Å². The van der Waals surface area contributed by atoms with Crippen LogP contribution < -0.4 is 10.6 Å². The fraction of sp³-hybridized carbons (Fsp3) is 0.421. The lowest BCUT2D eigenvalue weighted by atomic mass is 10.2. The normalized spacial score (nSPS) is 11.9. The molecule has 0 aliphatic heterocycles.